The summed E-state index contributed by atoms with van der Waals surface area (Å²) in [4.78, 5) is 27.2. The summed E-state index contributed by atoms with van der Waals surface area (Å²) >= 11 is 0. The smallest absolute Gasteiger partial charge is 0.322 e. The SMILES string of the molecule is C[C@@]1(CS(=O)(=O)N2CCC(Oc3ccc(C#N)cn3)CC2)NC(=O)NC1=O. The molecule has 0 radical (unpaired) electrons. The first-order valence-corrected chi connectivity index (χ1v) is 9.97. The van der Waals surface area contributed by atoms with Crippen molar-refractivity contribution in [1.82, 2.24) is 19.9 Å². The minimum atomic E-state index is -3.74. The number of carbonyl (C=O) groups excluding carboxylic acids is 2. The number of nitriles is 1. The number of rotatable bonds is 5. The zero-order valence-electron chi connectivity index (χ0n) is 14.6. The second-order valence-electron chi connectivity index (χ2n) is 6.71. The summed E-state index contributed by atoms with van der Waals surface area (Å²) in [6.07, 6.45) is 2.16. The van der Waals surface area contributed by atoms with Crippen LogP contribution in [0.2, 0.25) is 0 Å². The van der Waals surface area contributed by atoms with Crippen molar-refractivity contribution in [2.75, 3.05) is 18.8 Å². The zero-order valence-corrected chi connectivity index (χ0v) is 15.5. The molecule has 2 aliphatic rings. The molecule has 3 heterocycles. The lowest BCUT2D eigenvalue weighted by Crippen LogP contribution is -2.53. The minimum Gasteiger partial charge on any atom is -0.474 e. The summed E-state index contributed by atoms with van der Waals surface area (Å²) in [7, 11) is -3.74. The van der Waals surface area contributed by atoms with Crippen molar-refractivity contribution in [2.24, 2.45) is 0 Å². The lowest BCUT2D eigenvalue weighted by molar-refractivity contribution is -0.122. The molecule has 0 unspecified atom stereocenters. The van der Waals surface area contributed by atoms with Crippen molar-refractivity contribution in [3.05, 3.63) is 23.9 Å². The summed E-state index contributed by atoms with van der Waals surface area (Å²) in [6, 6.07) is 4.48. The topological polar surface area (TPSA) is 141 Å². The van der Waals surface area contributed by atoms with E-state index in [1.54, 1.807) is 12.1 Å². The molecule has 0 spiro atoms. The lowest BCUT2D eigenvalue weighted by Gasteiger charge is -2.33. The van der Waals surface area contributed by atoms with Crippen LogP contribution < -0.4 is 15.4 Å². The number of nitrogens with one attached hydrogen (secondary N) is 2. The van der Waals surface area contributed by atoms with E-state index in [4.69, 9.17) is 10.00 Å². The van der Waals surface area contributed by atoms with Gasteiger partial charge in [0.05, 0.1) is 11.3 Å². The number of hydrogen-bond donors (Lipinski definition) is 2. The van der Waals surface area contributed by atoms with Gasteiger partial charge in [0.25, 0.3) is 5.91 Å². The number of imide groups is 1. The number of carbonyl (C=O) groups is 2. The van der Waals surface area contributed by atoms with E-state index in [1.165, 1.54) is 17.4 Å². The maximum atomic E-state index is 12.6. The van der Waals surface area contributed by atoms with Gasteiger partial charge in [-0.25, -0.2) is 22.5 Å². The van der Waals surface area contributed by atoms with Crippen molar-refractivity contribution in [3.8, 4) is 11.9 Å². The minimum absolute atomic E-state index is 0.193. The second kappa shape index (κ2) is 7.13. The van der Waals surface area contributed by atoms with E-state index in [0.29, 0.717) is 24.3 Å². The first kappa shape index (κ1) is 19.1. The molecule has 144 valence electrons. The second-order valence-corrected chi connectivity index (χ2v) is 8.68. The summed E-state index contributed by atoms with van der Waals surface area (Å²) < 4.78 is 32.3. The van der Waals surface area contributed by atoms with Gasteiger partial charge in [0.15, 0.2) is 0 Å². The molecule has 1 aromatic heterocycles. The van der Waals surface area contributed by atoms with Crippen molar-refractivity contribution in [1.29, 1.82) is 5.26 Å². The Balaban J connectivity index is 1.57. The lowest BCUT2D eigenvalue weighted by atomic mass is 10.1. The van der Waals surface area contributed by atoms with E-state index in [0.717, 1.165) is 0 Å². The molecule has 1 atom stereocenters. The number of amides is 3. The number of nitrogens with zero attached hydrogens (tertiary/aromatic N) is 3. The van der Waals surface area contributed by atoms with Crippen LogP contribution in [-0.4, -0.2) is 60.1 Å². The Morgan fingerprint density at radius 3 is 2.59 bits per heavy atom. The van der Waals surface area contributed by atoms with E-state index in [2.05, 4.69) is 15.6 Å². The largest absolute Gasteiger partial charge is 0.474 e. The molecule has 1 aromatic rings. The molecule has 2 N–H and O–H groups in total. The predicted octanol–water partition coefficient (Wildman–Crippen LogP) is -0.276. The quantitative estimate of drug-likeness (QED) is 0.656. The van der Waals surface area contributed by atoms with Gasteiger partial charge < -0.3 is 10.1 Å². The van der Waals surface area contributed by atoms with Gasteiger partial charge in [0.2, 0.25) is 15.9 Å². The molecule has 10 nitrogen and oxygen atoms in total. The van der Waals surface area contributed by atoms with Crippen LogP contribution >= 0.6 is 0 Å². The van der Waals surface area contributed by atoms with Gasteiger partial charge in [-0.2, -0.15) is 5.26 Å². The Kier molecular flexibility index (Phi) is 5.03. The standard InChI is InChI=1S/C16H19N5O5S/c1-16(14(22)19-15(23)20-16)10-27(24,25)21-6-4-12(5-7-21)26-13-3-2-11(8-17)9-18-13/h2-3,9,12H,4-7,10H2,1H3,(H2,19,20,22,23)/t16-/m0/s1. The normalized spacial score (nSPS) is 24.1. The average molecular weight is 393 g/mol. The molecule has 3 rings (SSSR count). The van der Waals surface area contributed by atoms with E-state index in [1.807, 2.05) is 6.07 Å². The molecular formula is C16H19N5O5S. The fraction of sp³-hybridized carbons (Fsp3) is 0.500. The Bertz CT molecular complexity index is 887. The van der Waals surface area contributed by atoms with Crippen molar-refractivity contribution < 1.29 is 22.7 Å². The third kappa shape index (κ3) is 4.17. The van der Waals surface area contributed by atoms with Crippen molar-refractivity contribution in [3.63, 3.8) is 0 Å². The summed E-state index contributed by atoms with van der Waals surface area (Å²) in [5.41, 5.74) is -1.05. The van der Waals surface area contributed by atoms with Gasteiger partial charge in [0.1, 0.15) is 17.7 Å². The Morgan fingerprint density at radius 1 is 1.37 bits per heavy atom. The van der Waals surface area contributed by atoms with Crippen LogP contribution in [0.1, 0.15) is 25.3 Å². The molecule has 2 aliphatic heterocycles. The van der Waals surface area contributed by atoms with Crippen LogP contribution in [0.5, 0.6) is 5.88 Å². The Hall–Kier alpha value is -2.71. The van der Waals surface area contributed by atoms with E-state index < -0.39 is 33.3 Å². The summed E-state index contributed by atoms with van der Waals surface area (Å²) in [6.45, 7) is 1.88. The number of pyridine rings is 1. The molecule has 2 fully saturated rings. The zero-order chi connectivity index (χ0) is 19.7. The van der Waals surface area contributed by atoms with Gasteiger partial charge >= 0.3 is 6.03 Å². The molecule has 0 aromatic carbocycles. The predicted molar refractivity (Wildman–Crippen MR) is 93.0 cm³/mol. The molecule has 11 heteroatoms. The van der Waals surface area contributed by atoms with E-state index in [9.17, 15) is 18.0 Å². The third-order valence-corrected chi connectivity index (χ3v) is 6.63. The average Bonchev–Trinajstić information content (AvgIpc) is 2.87. The van der Waals surface area contributed by atoms with Crippen LogP contribution in [0.4, 0.5) is 4.79 Å². The van der Waals surface area contributed by atoms with Gasteiger partial charge in [-0.05, 0) is 25.8 Å². The van der Waals surface area contributed by atoms with Crippen molar-refractivity contribution in [2.45, 2.75) is 31.4 Å². The van der Waals surface area contributed by atoms with Crippen LogP contribution in [0.25, 0.3) is 0 Å². The first-order chi connectivity index (χ1) is 12.7. The number of aromatic nitrogens is 1. The van der Waals surface area contributed by atoms with Gasteiger partial charge in [0, 0.05) is 25.4 Å². The first-order valence-electron chi connectivity index (χ1n) is 8.36. The molecule has 27 heavy (non-hydrogen) atoms. The maximum Gasteiger partial charge on any atom is 0.322 e. The number of urea groups is 1. The number of hydrogen-bond acceptors (Lipinski definition) is 7. The Morgan fingerprint density at radius 2 is 2.07 bits per heavy atom. The molecule has 3 amide bonds. The number of piperidine rings is 1. The van der Waals surface area contributed by atoms with Crippen molar-refractivity contribution >= 4 is 22.0 Å². The summed E-state index contributed by atoms with van der Waals surface area (Å²) in [5.74, 6) is -0.769. The third-order valence-electron chi connectivity index (χ3n) is 4.54. The molecule has 0 saturated carbocycles. The molecular weight excluding hydrogens is 374 g/mol. The van der Waals surface area contributed by atoms with E-state index >= 15 is 0 Å². The fourth-order valence-corrected chi connectivity index (χ4v) is 4.94. The maximum absolute atomic E-state index is 12.6. The van der Waals surface area contributed by atoms with Crippen LogP contribution in [0, 0.1) is 11.3 Å². The fourth-order valence-electron chi connectivity index (χ4n) is 3.05. The molecule has 0 aliphatic carbocycles. The van der Waals surface area contributed by atoms with Gasteiger partial charge in [-0.3, -0.25) is 10.1 Å². The van der Waals surface area contributed by atoms with E-state index in [-0.39, 0.29) is 19.2 Å². The number of sulfonamides is 1. The monoisotopic (exact) mass is 393 g/mol. The van der Waals surface area contributed by atoms with Gasteiger partial charge in [-0.1, -0.05) is 0 Å². The molecule has 0 bridgehead atoms. The van der Waals surface area contributed by atoms with Gasteiger partial charge in [-0.15, -0.1) is 0 Å². The highest BCUT2D eigenvalue weighted by Crippen LogP contribution is 2.22. The van der Waals surface area contributed by atoms with Crippen LogP contribution in [0.15, 0.2) is 18.3 Å². The highest BCUT2D eigenvalue weighted by Gasteiger charge is 2.46. The highest BCUT2D eigenvalue weighted by molar-refractivity contribution is 7.89. The number of ether oxygens (including phenoxy) is 1. The summed E-state index contributed by atoms with van der Waals surface area (Å²) in [5, 5.41) is 13.2. The molecule has 2 saturated heterocycles. The van der Waals surface area contributed by atoms with Crippen LogP contribution in [0.3, 0.4) is 0 Å². The van der Waals surface area contributed by atoms with Crippen LogP contribution in [-0.2, 0) is 14.8 Å². The highest BCUT2D eigenvalue weighted by atomic mass is 32.2. The Labute approximate surface area is 156 Å².